The summed E-state index contributed by atoms with van der Waals surface area (Å²) < 4.78 is 0. The molecule has 1 amide bonds. The van der Waals surface area contributed by atoms with Crippen LogP contribution in [0.15, 0.2) is 24.3 Å². The van der Waals surface area contributed by atoms with E-state index in [2.05, 4.69) is 29.6 Å². The molecule has 0 aromatic heterocycles. The molecule has 1 aliphatic heterocycles. The third-order valence-corrected chi connectivity index (χ3v) is 4.89. The summed E-state index contributed by atoms with van der Waals surface area (Å²) in [7, 11) is 1.97. The maximum absolute atomic E-state index is 12.5. The highest BCUT2D eigenvalue weighted by Gasteiger charge is 2.27. The molecule has 1 saturated heterocycles. The van der Waals surface area contributed by atoms with Crippen LogP contribution in [0.5, 0.6) is 0 Å². The summed E-state index contributed by atoms with van der Waals surface area (Å²) in [5.74, 6) is 0.727. The highest BCUT2D eigenvalue weighted by molar-refractivity contribution is 5.85. The Morgan fingerprint density at radius 3 is 2.90 bits per heavy atom. The van der Waals surface area contributed by atoms with Crippen molar-refractivity contribution in [2.75, 3.05) is 20.1 Å². The number of nitrogens with zero attached hydrogens (tertiary/aromatic N) is 1. The van der Waals surface area contributed by atoms with Gasteiger partial charge in [0.05, 0.1) is 0 Å². The molecule has 3 nitrogen and oxygen atoms in total. The predicted octanol–water partition coefficient (Wildman–Crippen LogP) is 2.74. The summed E-state index contributed by atoms with van der Waals surface area (Å²) in [5.41, 5.74) is 2.85. The normalized spacial score (nSPS) is 24.0. The number of amides is 1. The molecule has 0 bridgehead atoms. The van der Waals surface area contributed by atoms with Crippen LogP contribution in [0.2, 0.25) is 0 Å². The first kappa shape index (κ1) is 16.3. The lowest BCUT2D eigenvalue weighted by atomic mass is 9.81. The summed E-state index contributed by atoms with van der Waals surface area (Å²) in [5, 5.41) is 3.33. The van der Waals surface area contributed by atoms with Crippen molar-refractivity contribution in [2.45, 2.75) is 44.1 Å². The summed E-state index contributed by atoms with van der Waals surface area (Å²) in [6.07, 6.45) is 5.29. The molecule has 1 heterocycles. The molecular weight excluding hydrogens is 284 g/mol. The van der Waals surface area contributed by atoms with E-state index in [-0.39, 0.29) is 12.4 Å². The maximum Gasteiger partial charge on any atom is 0.223 e. The van der Waals surface area contributed by atoms with Gasteiger partial charge >= 0.3 is 0 Å². The summed E-state index contributed by atoms with van der Waals surface area (Å²) in [4.78, 5) is 14.5. The number of carbonyl (C=O) groups excluding carboxylic acids is 1. The van der Waals surface area contributed by atoms with Crippen LogP contribution in [0.3, 0.4) is 0 Å². The zero-order valence-electron chi connectivity index (χ0n) is 12.7. The third kappa shape index (κ3) is 3.58. The van der Waals surface area contributed by atoms with Crippen molar-refractivity contribution in [1.29, 1.82) is 0 Å². The van der Waals surface area contributed by atoms with Gasteiger partial charge in [-0.3, -0.25) is 4.79 Å². The van der Waals surface area contributed by atoms with Crippen LogP contribution in [0.1, 0.15) is 42.7 Å². The second-order valence-corrected chi connectivity index (χ2v) is 6.14. The Balaban J connectivity index is 0.00000161. The molecule has 2 aliphatic rings. The lowest BCUT2D eigenvalue weighted by Crippen LogP contribution is -2.39. The minimum absolute atomic E-state index is 0. The van der Waals surface area contributed by atoms with E-state index in [1.807, 2.05) is 11.9 Å². The molecule has 2 unspecified atom stereocenters. The fourth-order valence-corrected chi connectivity index (χ4v) is 3.59. The molecule has 1 aromatic carbocycles. The molecule has 0 radical (unpaired) electrons. The van der Waals surface area contributed by atoms with Gasteiger partial charge in [-0.2, -0.15) is 0 Å². The van der Waals surface area contributed by atoms with E-state index in [4.69, 9.17) is 0 Å². The van der Waals surface area contributed by atoms with Gasteiger partial charge in [0.2, 0.25) is 5.91 Å². The molecule has 1 aliphatic carbocycles. The molecule has 0 saturated carbocycles. The largest absolute Gasteiger partial charge is 0.341 e. The van der Waals surface area contributed by atoms with Crippen molar-refractivity contribution in [2.24, 2.45) is 0 Å². The van der Waals surface area contributed by atoms with E-state index in [0.717, 1.165) is 25.9 Å². The first-order chi connectivity index (χ1) is 9.75. The fourth-order valence-electron chi connectivity index (χ4n) is 3.59. The molecule has 1 fully saturated rings. The van der Waals surface area contributed by atoms with Crippen LogP contribution in [-0.2, 0) is 11.2 Å². The molecule has 21 heavy (non-hydrogen) atoms. The van der Waals surface area contributed by atoms with Crippen molar-refractivity contribution in [3.05, 3.63) is 35.4 Å². The molecule has 1 aromatic rings. The fraction of sp³-hybridized carbons (Fsp3) is 0.588. The number of fused-ring (bicyclic) bond motifs is 1. The number of hydrogen-bond acceptors (Lipinski definition) is 2. The molecule has 3 rings (SSSR count). The SMILES string of the molecule is CN(C(=O)CC1CCCc2ccccc21)C1CCNC1.Cl. The minimum Gasteiger partial charge on any atom is -0.341 e. The Kier molecular flexibility index (Phi) is 5.65. The average molecular weight is 309 g/mol. The van der Waals surface area contributed by atoms with Gasteiger partial charge in [-0.15, -0.1) is 12.4 Å². The Hall–Kier alpha value is -1.06. The lowest BCUT2D eigenvalue weighted by Gasteiger charge is -2.29. The first-order valence-corrected chi connectivity index (χ1v) is 7.80. The minimum atomic E-state index is 0. The van der Waals surface area contributed by atoms with Crippen LogP contribution in [-0.4, -0.2) is 37.0 Å². The standard InChI is InChI=1S/C17H24N2O.ClH/c1-19(15-9-10-18-12-15)17(20)11-14-7-4-6-13-5-2-3-8-16(13)14;/h2-3,5,8,14-15,18H,4,6-7,9-12H2,1H3;1H. The smallest absolute Gasteiger partial charge is 0.223 e. The van der Waals surface area contributed by atoms with Gasteiger partial charge in [-0.25, -0.2) is 0 Å². The molecular formula is C17H25ClN2O. The second kappa shape index (κ2) is 7.28. The quantitative estimate of drug-likeness (QED) is 0.931. The van der Waals surface area contributed by atoms with Gasteiger partial charge in [0, 0.05) is 26.1 Å². The monoisotopic (exact) mass is 308 g/mol. The van der Waals surface area contributed by atoms with Crippen molar-refractivity contribution in [3.8, 4) is 0 Å². The number of halogens is 1. The van der Waals surface area contributed by atoms with Gasteiger partial charge in [-0.05, 0) is 49.3 Å². The highest BCUT2D eigenvalue weighted by atomic mass is 35.5. The lowest BCUT2D eigenvalue weighted by molar-refractivity contribution is -0.132. The molecule has 4 heteroatoms. The number of rotatable bonds is 3. The molecule has 1 N–H and O–H groups in total. The number of benzene rings is 1. The van der Waals surface area contributed by atoms with Crippen molar-refractivity contribution in [3.63, 3.8) is 0 Å². The van der Waals surface area contributed by atoms with Crippen LogP contribution in [0.4, 0.5) is 0 Å². The van der Waals surface area contributed by atoms with E-state index in [0.29, 0.717) is 24.3 Å². The van der Waals surface area contributed by atoms with E-state index < -0.39 is 0 Å². The Labute approximate surface area is 133 Å². The van der Waals surface area contributed by atoms with Crippen molar-refractivity contribution >= 4 is 18.3 Å². The van der Waals surface area contributed by atoms with Crippen LogP contribution in [0.25, 0.3) is 0 Å². The summed E-state index contributed by atoms with van der Waals surface area (Å²) in [6, 6.07) is 9.03. The number of likely N-dealkylation sites (N-methyl/N-ethyl adjacent to an activating group) is 1. The third-order valence-electron chi connectivity index (χ3n) is 4.89. The molecule has 2 atom stereocenters. The highest BCUT2D eigenvalue weighted by Crippen LogP contribution is 2.34. The van der Waals surface area contributed by atoms with Crippen LogP contribution >= 0.6 is 12.4 Å². The Morgan fingerprint density at radius 1 is 1.33 bits per heavy atom. The first-order valence-electron chi connectivity index (χ1n) is 7.80. The number of aryl methyl sites for hydroxylation is 1. The zero-order chi connectivity index (χ0) is 13.9. The van der Waals surface area contributed by atoms with Gasteiger partial charge in [0.25, 0.3) is 0 Å². The maximum atomic E-state index is 12.5. The average Bonchev–Trinajstić information content (AvgIpc) is 3.01. The van der Waals surface area contributed by atoms with Gasteiger partial charge < -0.3 is 10.2 Å². The van der Waals surface area contributed by atoms with Crippen LogP contribution in [0, 0.1) is 0 Å². The van der Waals surface area contributed by atoms with Gasteiger partial charge in [0.15, 0.2) is 0 Å². The van der Waals surface area contributed by atoms with E-state index in [1.54, 1.807) is 0 Å². The van der Waals surface area contributed by atoms with E-state index >= 15 is 0 Å². The van der Waals surface area contributed by atoms with Crippen molar-refractivity contribution < 1.29 is 4.79 Å². The second-order valence-electron chi connectivity index (χ2n) is 6.14. The Morgan fingerprint density at radius 2 is 2.14 bits per heavy atom. The van der Waals surface area contributed by atoms with Gasteiger partial charge in [-0.1, -0.05) is 24.3 Å². The predicted molar refractivity (Wildman–Crippen MR) is 88.0 cm³/mol. The zero-order valence-corrected chi connectivity index (χ0v) is 13.5. The summed E-state index contributed by atoms with van der Waals surface area (Å²) in [6.45, 7) is 1.98. The molecule has 0 spiro atoms. The number of carbonyl (C=O) groups is 1. The van der Waals surface area contributed by atoms with Crippen LogP contribution < -0.4 is 5.32 Å². The van der Waals surface area contributed by atoms with E-state index in [9.17, 15) is 4.79 Å². The van der Waals surface area contributed by atoms with Gasteiger partial charge in [0.1, 0.15) is 0 Å². The van der Waals surface area contributed by atoms with E-state index in [1.165, 1.54) is 24.0 Å². The summed E-state index contributed by atoms with van der Waals surface area (Å²) >= 11 is 0. The Bertz CT molecular complexity index is 485. The number of hydrogen-bond donors (Lipinski definition) is 1. The number of nitrogens with one attached hydrogen (secondary N) is 1. The topological polar surface area (TPSA) is 32.3 Å². The molecule has 116 valence electrons. The van der Waals surface area contributed by atoms with Crippen molar-refractivity contribution in [1.82, 2.24) is 10.2 Å².